The molecule has 3 N–H and O–H groups in total. The lowest BCUT2D eigenvalue weighted by Gasteiger charge is -2.37. The molecule has 3 heterocycles. The molecule has 0 saturated carbocycles. The third kappa shape index (κ3) is 8.67. The maximum Gasteiger partial charge on any atom is 0.273 e. The van der Waals surface area contributed by atoms with Crippen LogP contribution in [0.1, 0.15) is 78.6 Å². The first kappa shape index (κ1) is 35.6. The van der Waals surface area contributed by atoms with Gasteiger partial charge >= 0.3 is 0 Å². The maximum absolute atomic E-state index is 13.4. The number of fused-ring (bicyclic) bond motifs is 1. The number of aryl methyl sites for hydroxylation is 3. The van der Waals surface area contributed by atoms with E-state index in [1.165, 1.54) is 35.4 Å². The third-order valence-electron chi connectivity index (χ3n) is 9.60. The van der Waals surface area contributed by atoms with E-state index in [0.29, 0.717) is 5.69 Å². The van der Waals surface area contributed by atoms with Crippen molar-refractivity contribution in [3.63, 3.8) is 0 Å². The molecule has 0 bridgehead atoms. The van der Waals surface area contributed by atoms with E-state index < -0.39 is 0 Å². The van der Waals surface area contributed by atoms with E-state index in [0.717, 1.165) is 91.4 Å². The monoisotopic (exact) mass is 671 g/mol. The Morgan fingerprint density at radius 3 is 2.52 bits per heavy atom. The summed E-state index contributed by atoms with van der Waals surface area (Å²) in [6.45, 7) is 13.2. The predicted octanol–water partition coefficient (Wildman–Crippen LogP) is 7.19. The van der Waals surface area contributed by atoms with E-state index in [1.807, 2.05) is 37.4 Å². The van der Waals surface area contributed by atoms with Gasteiger partial charge in [-0.25, -0.2) is 0 Å². The highest BCUT2D eigenvalue weighted by Crippen LogP contribution is 2.32. The van der Waals surface area contributed by atoms with Crippen molar-refractivity contribution in [2.24, 2.45) is 13.0 Å². The topological polar surface area (TPSA) is 89.8 Å². The van der Waals surface area contributed by atoms with Gasteiger partial charge in [-0.05, 0) is 92.0 Å². The molecule has 48 heavy (non-hydrogen) atoms. The van der Waals surface area contributed by atoms with Crippen molar-refractivity contribution in [1.29, 1.82) is 0 Å². The largest absolute Gasteiger partial charge is 0.395 e. The number of piperazine rings is 1. The summed E-state index contributed by atoms with van der Waals surface area (Å²) in [5, 5.41) is 16.0. The molecule has 1 fully saturated rings. The minimum atomic E-state index is -0.0948. The number of hydrogen-bond acceptors (Lipinski definition) is 7. The van der Waals surface area contributed by atoms with Gasteiger partial charge in [0.2, 0.25) is 0 Å². The van der Waals surface area contributed by atoms with Crippen LogP contribution in [0.25, 0.3) is 11.1 Å². The standard InChI is InChI=1S/C39H53N5O3S/c1-6-11-31(44-20-18-43(19-21-44)22-23-45)16-17-33(27(2)3)40-35-24-30(26-42(5)39(35)47)32-13-10-14-34(28(32)4)41-38(46)37-25-29-12-8-7-9-15-36(29)48-37/h10,13-14,16-17,24-27,40,45H,6-9,11-12,15,18-23H2,1-5H3,(H,41,46)/b31-16+,33-17+. The first-order chi connectivity index (χ1) is 23.2. The van der Waals surface area contributed by atoms with Crippen LogP contribution in [0.2, 0.25) is 0 Å². The van der Waals surface area contributed by atoms with E-state index in [1.54, 1.807) is 23.0 Å². The highest BCUT2D eigenvalue weighted by Gasteiger charge is 2.20. The number of aliphatic hydroxyl groups excluding tert-OH is 1. The number of allylic oxidation sites excluding steroid dienone is 4. The van der Waals surface area contributed by atoms with Crippen molar-refractivity contribution in [1.82, 2.24) is 14.4 Å². The minimum Gasteiger partial charge on any atom is -0.395 e. The normalized spacial score (nSPS) is 16.2. The number of β-amino-alcohol motifs (C(OH)–C–C–N with tert-alkyl or cyclic N) is 1. The number of nitrogens with one attached hydrogen (secondary N) is 2. The summed E-state index contributed by atoms with van der Waals surface area (Å²) in [7, 11) is 1.78. The second-order valence-electron chi connectivity index (χ2n) is 13.5. The number of hydrogen-bond donors (Lipinski definition) is 3. The molecule has 0 spiro atoms. The smallest absolute Gasteiger partial charge is 0.273 e. The number of nitrogens with zero attached hydrogens (tertiary/aromatic N) is 3. The van der Waals surface area contributed by atoms with Gasteiger partial charge in [-0.15, -0.1) is 11.3 Å². The fraction of sp³-hybridized carbons (Fsp3) is 0.487. The fourth-order valence-corrected chi connectivity index (χ4v) is 7.87. The van der Waals surface area contributed by atoms with Crippen LogP contribution in [-0.2, 0) is 19.9 Å². The van der Waals surface area contributed by atoms with E-state index in [4.69, 9.17) is 0 Å². The molecule has 8 nitrogen and oxygen atoms in total. The Morgan fingerprint density at radius 1 is 1.02 bits per heavy atom. The number of aromatic nitrogens is 1. The molecule has 1 saturated heterocycles. The van der Waals surface area contributed by atoms with Crippen molar-refractivity contribution in [2.45, 2.75) is 72.6 Å². The Morgan fingerprint density at radius 2 is 1.79 bits per heavy atom. The van der Waals surface area contributed by atoms with Crippen LogP contribution in [-0.4, -0.2) is 64.7 Å². The van der Waals surface area contributed by atoms with Crippen LogP contribution in [0.5, 0.6) is 0 Å². The lowest BCUT2D eigenvalue weighted by molar-refractivity contribution is 0.103. The SMILES string of the molecule is CCC/C(=C\C=C(\Nc1cc(-c2cccc(NC(=O)c3cc4c(s3)CCCCC4)c2C)cn(C)c1=O)C(C)C)N1CCN(CCO)CC1. The Kier molecular flexibility index (Phi) is 12.4. The average Bonchev–Trinajstić information content (AvgIpc) is 3.35. The molecule has 0 atom stereocenters. The lowest BCUT2D eigenvalue weighted by atomic mass is 9.99. The van der Waals surface area contributed by atoms with Crippen LogP contribution in [0, 0.1) is 12.8 Å². The van der Waals surface area contributed by atoms with Crippen LogP contribution < -0.4 is 16.2 Å². The Hall–Kier alpha value is -3.66. The number of rotatable bonds is 12. The summed E-state index contributed by atoms with van der Waals surface area (Å²) in [4.78, 5) is 33.7. The number of aliphatic hydroxyl groups is 1. The second-order valence-corrected chi connectivity index (χ2v) is 14.6. The molecule has 3 aromatic rings. The summed E-state index contributed by atoms with van der Waals surface area (Å²) in [6.07, 6.45) is 14.0. The van der Waals surface area contributed by atoms with Gasteiger partial charge in [0.25, 0.3) is 11.5 Å². The molecule has 0 radical (unpaired) electrons. The van der Waals surface area contributed by atoms with Gasteiger partial charge < -0.3 is 25.2 Å². The zero-order chi connectivity index (χ0) is 34.2. The maximum atomic E-state index is 13.4. The van der Waals surface area contributed by atoms with Gasteiger partial charge in [-0.3, -0.25) is 14.5 Å². The fourth-order valence-electron chi connectivity index (χ4n) is 6.72. The molecule has 1 aromatic carbocycles. The van der Waals surface area contributed by atoms with Gasteiger partial charge in [0.1, 0.15) is 5.69 Å². The predicted molar refractivity (Wildman–Crippen MR) is 200 cm³/mol. The molecule has 9 heteroatoms. The van der Waals surface area contributed by atoms with Crippen molar-refractivity contribution in [3.8, 4) is 11.1 Å². The Bertz CT molecular complexity index is 1670. The van der Waals surface area contributed by atoms with Gasteiger partial charge in [0, 0.05) is 73.5 Å². The van der Waals surface area contributed by atoms with Gasteiger partial charge in [-0.1, -0.05) is 45.7 Å². The number of pyridine rings is 1. The first-order valence-electron chi connectivity index (χ1n) is 17.7. The van der Waals surface area contributed by atoms with E-state index in [2.05, 4.69) is 59.4 Å². The molecule has 2 aromatic heterocycles. The number of carbonyl (C=O) groups is 1. The summed E-state index contributed by atoms with van der Waals surface area (Å²) in [5.41, 5.74) is 7.64. The van der Waals surface area contributed by atoms with Crippen LogP contribution >= 0.6 is 11.3 Å². The number of amides is 1. The number of carbonyl (C=O) groups excluding carboxylic acids is 1. The molecule has 2 aliphatic rings. The quantitative estimate of drug-likeness (QED) is 0.140. The molecular formula is C39H53N5O3S. The molecule has 258 valence electrons. The molecule has 0 unspecified atom stereocenters. The zero-order valence-corrected chi connectivity index (χ0v) is 30.2. The van der Waals surface area contributed by atoms with Gasteiger partial charge in [0.05, 0.1) is 11.5 Å². The molecule has 5 rings (SSSR count). The van der Waals surface area contributed by atoms with Crippen molar-refractivity contribution in [2.75, 3.05) is 50.0 Å². The summed E-state index contributed by atoms with van der Waals surface area (Å²) < 4.78 is 1.63. The van der Waals surface area contributed by atoms with E-state index >= 15 is 0 Å². The van der Waals surface area contributed by atoms with Crippen LogP contribution in [0.3, 0.4) is 0 Å². The van der Waals surface area contributed by atoms with Crippen LogP contribution in [0.4, 0.5) is 11.4 Å². The highest BCUT2D eigenvalue weighted by atomic mass is 32.1. The summed E-state index contributed by atoms with van der Waals surface area (Å²) in [5.74, 6) is 0.108. The first-order valence-corrected chi connectivity index (χ1v) is 18.5. The summed E-state index contributed by atoms with van der Waals surface area (Å²) >= 11 is 1.63. The molecule has 1 amide bonds. The Labute approximate surface area is 290 Å². The minimum absolute atomic E-state index is 0.0645. The zero-order valence-electron chi connectivity index (χ0n) is 29.4. The number of thiophene rings is 1. The summed E-state index contributed by atoms with van der Waals surface area (Å²) in [6, 6.07) is 9.97. The second kappa shape index (κ2) is 16.6. The number of anilines is 2. The van der Waals surface area contributed by atoms with Gasteiger partial charge in [0.15, 0.2) is 0 Å². The van der Waals surface area contributed by atoms with Crippen molar-refractivity contribution < 1.29 is 9.90 Å². The van der Waals surface area contributed by atoms with E-state index in [-0.39, 0.29) is 24.0 Å². The highest BCUT2D eigenvalue weighted by molar-refractivity contribution is 7.14. The number of benzene rings is 1. The van der Waals surface area contributed by atoms with Crippen molar-refractivity contribution in [3.05, 3.63) is 91.3 Å². The lowest BCUT2D eigenvalue weighted by Crippen LogP contribution is -2.46. The third-order valence-corrected chi connectivity index (χ3v) is 10.8. The molecular weight excluding hydrogens is 619 g/mol. The molecule has 1 aliphatic heterocycles. The van der Waals surface area contributed by atoms with Crippen LogP contribution in [0.15, 0.2) is 64.9 Å². The van der Waals surface area contributed by atoms with Crippen molar-refractivity contribution >= 4 is 28.6 Å². The molecule has 1 aliphatic carbocycles. The van der Waals surface area contributed by atoms with E-state index in [9.17, 15) is 14.7 Å². The Balaban J connectivity index is 1.38. The van der Waals surface area contributed by atoms with Gasteiger partial charge in [-0.2, -0.15) is 0 Å². The average molecular weight is 672 g/mol.